The van der Waals surface area contributed by atoms with Crippen LogP contribution in [0.2, 0.25) is 0 Å². The summed E-state index contributed by atoms with van der Waals surface area (Å²) in [5, 5.41) is 38.5. The van der Waals surface area contributed by atoms with Gasteiger partial charge >= 0.3 is 11.9 Å². The van der Waals surface area contributed by atoms with Crippen LogP contribution >= 0.6 is 117 Å². The molecule has 16 heteroatoms. The molecule has 0 fully saturated rings. The average molecular weight is 1380 g/mol. The highest BCUT2D eigenvalue weighted by Gasteiger charge is 2.44. The van der Waals surface area contributed by atoms with Crippen LogP contribution < -0.4 is 0 Å². The lowest BCUT2D eigenvalue weighted by Crippen LogP contribution is -2.23. The van der Waals surface area contributed by atoms with Crippen molar-refractivity contribution in [1.29, 1.82) is 10.5 Å². The second-order valence-electron chi connectivity index (χ2n) is 22.7. The molecule has 0 saturated heterocycles. The van der Waals surface area contributed by atoms with Gasteiger partial charge in [-0.25, -0.2) is 9.59 Å². The Labute approximate surface area is 575 Å². The molecule has 0 amide bonds. The van der Waals surface area contributed by atoms with Crippen molar-refractivity contribution in [3.8, 4) is 55.3 Å². The first-order valence-electron chi connectivity index (χ1n) is 31.5. The van der Waals surface area contributed by atoms with Crippen LogP contribution in [0.1, 0.15) is 176 Å². The quantitative estimate of drug-likeness (QED) is 0.0263. The first-order chi connectivity index (χ1) is 43.8. The summed E-state index contributed by atoms with van der Waals surface area (Å²) >= 11 is 19.2. The highest BCUT2D eigenvalue weighted by atomic mass is 32.3. The number of carbonyl (C=O) groups is 2. The molecule has 0 saturated carbocycles. The predicted molar refractivity (Wildman–Crippen MR) is 403 cm³/mol. The minimum absolute atomic E-state index is 0.278. The molecule has 90 heavy (non-hydrogen) atoms. The molecule has 4 aliphatic rings. The first-order valence-corrected chi connectivity index (χ1v) is 40.3. The Morgan fingerprint density at radius 2 is 0.756 bits per heavy atom. The number of hydrogen-bond donors (Lipinski definition) is 2. The van der Waals surface area contributed by atoms with Crippen molar-refractivity contribution in [2.24, 2.45) is 0 Å². The number of aliphatic carboxylic acids is 2. The van der Waals surface area contributed by atoms with Gasteiger partial charge in [-0.1, -0.05) is 177 Å². The van der Waals surface area contributed by atoms with Crippen molar-refractivity contribution in [1.82, 2.24) is 0 Å². The average Bonchev–Trinajstić information content (AvgIpc) is 1.56. The fraction of sp³-hybridized carbons (Fsp3) is 0.351. The summed E-state index contributed by atoms with van der Waals surface area (Å²) in [6.45, 7) is 18.6. The highest BCUT2D eigenvalue weighted by molar-refractivity contribution is 8.41. The molecule has 2 N–H and O–H groups in total. The number of fused-ring (bicyclic) bond motifs is 6. The standard InChI is InChI=1S/C74H76N2O4S10/c1-9-17-33-81-69-70(82-34-18-10-2)88-67(87-69)63(47-23-29-55-53-27-21-45(39-57(53)73(13-5,14-6)59(55)41-47)61-31-25-51(85-61)37-49(43-75)65(77)78)64(68-89-71(83-35-19-11-3)72(90-68)84-36-20-12-4)48-24-30-56-54-28-22-46(40-58(54)74(15-7,16-8)60(56)42-48)62-32-26-52(86-62)38-50(44-76)66(79)80/h21-32,37-42H,9-20,33-36H2,1-8H3,(H,77,78)(H,79,80)/b49-37+,50-38+. The molecule has 2 aromatic heterocycles. The molecular formula is C74H76N2O4S10. The highest BCUT2D eigenvalue weighted by Crippen LogP contribution is 2.66. The first kappa shape index (κ1) is 68.3. The van der Waals surface area contributed by atoms with Crippen LogP contribution in [0.15, 0.2) is 134 Å². The lowest BCUT2D eigenvalue weighted by atomic mass is 9.72. The number of rotatable bonds is 29. The van der Waals surface area contributed by atoms with E-state index in [2.05, 4.69) is 128 Å². The van der Waals surface area contributed by atoms with E-state index in [1.807, 2.05) is 130 Å². The minimum atomic E-state index is -1.23. The lowest BCUT2D eigenvalue weighted by Gasteiger charge is -2.31. The van der Waals surface area contributed by atoms with Gasteiger partial charge in [0.1, 0.15) is 23.3 Å². The summed E-state index contributed by atoms with van der Waals surface area (Å²) in [5.74, 6) is 1.89. The Bertz CT molecular complexity index is 3710. The van der Waals surface area contributed by atoms with E-state index in [-0.39, 0.29) is 22.0 Å². The maximum atomic E-state index is 11.8. The van der Waals surface area contributed by atoms with E-state index < -0.39 is 11.9 Å². The third kappa shape index (κ3) is 14.0. The number of carboxylic acids is 2. The molecule has 2 aliphatic heterocycles. The number of nitriles is 2. The van der Waals surface area contributed by atoms with E-state index in [1.165, 1.54) is 153 Å². The van der Waals surface area contributed by atoms with Crippen LogP contribution in [0.4, 0.5) is 0 Å². The molecule has 466 valence electrons. The Balaban J connectivity index is 1.18. The van der Waals surface area contributed by atoms with Crippen LogP contribution in [0.5, 0.6) is 0 Å². The van der Waals surface area contributed by atoms with Crippen molar-refractivity contribution >= 4 is 152 Å². The molecule has 6 aromatic rings. The van der Waals surface area contributed by atoms with Crippen molar-refractivity contribution in [3.63, 3.8) is 0 Å². The summed E-state index contributed by atoms with van der Waals surface area (Å²) < 4.78 is 8.39. The zero-order valence-electron chi connectivity index (χ0n) is 52.4. The smallest absolute Gasteiger partial charge is 0.346 e. The normalized spacial score (nSPS) is 15.5. The number of unbranched alkanes of at least 4 members (excludes halogenated alkanes) is 4. The van der Waals surface area contributed by atoms with Gasteiger partial charge in [0, 0.05) is 41.5 Å². The van der Waals surface area contributed by atoms with Gasteiger partial charge in [0.2, 0.25) is 0 Å². The van der Waals surface area contributed by atoms with Crippen LogP contribution in [0, 0.1) is 22.7 Å². The van der Waals surface area contributed by atoms with Gasteiger partial charge in [-0.2, -0.15) is 10.5 Å². The SMILES string of the molecule is CCCCSC1=C(SCCCC)SC(=C(C(=C2SC(SCCCC)=C(SCCCC)S2)c2ccc3c(c2)C(CC)(CC)c2cc(-c4ccc(/C=C(\C#N)C(=O)O)s4)ccc2-3)c2ccc3c(c2)C(CC)(CC)c2cc(-c4ccc(/C=C(\C#N)C(=O)O)s4)ccc2-3)S1. The van der Waals surface area contributed by atoms with Crippen molar-refractivity contribution in [2.45, 2.75) is 143 Å². The molecule has 0 radical (unpaired) electrons. The van der Waals surface area contributed by atoms with Gasteiger partial charge < -0.3 is 10.2 Å². The predicted octanol–water partition coefficient (Wildman–Crippen LogP) is 24.7. The molecule has 6 nitrogen and oxygen atoms in total. The van der Waals surface area contributed by atoms with Gasteiger partial charge in [-0.05, 0) is 202 Å². The Kier molecular flexibility index (Phi) is 23.6. The number of thiophene rings is 2. The number of allylic oxidation sites excluding steroid dienone is 2. The Morgan fingerprint density at radius 3 is 1.04 bits per heavy atom. The molecular weight excluding hydrogens is 1300 g/mol. The van der Waals surface area contributed by atoms with E-state index in [0.29, 0.717) is 0 Å². The number of benzene rings is 4. The molecule has 0 unspecified atom stereocenters. The summed E-state index contributed by atoms with van der Waals surface area (Å²) in [6.07, 6.45) is 15.9. The van der Waals surface area contributed by atoms with E-state index in [0.717, 1.165) is 105 Å². The molecule has 0 bridgehead atoms. The van der Waals surface area contributed by atoms with Crippen LogP contribution in [0.25, 0.3) is 66.4 Å². The zero-order chi connectivity index (χ0) is 63.7. The van der Waals surface area contributed by atoms with Crippen molar-refractivity contribution < 1.29 is 19.8 Å². The molecule has 0 atom stereocenters. The maximum Gasteiger partial charge on any atom is 0.346 e. The van der Waals surface area contributed by atoms with E-state index in [9.17, 15) is 30.3 Å². The van der Waals surface area contributed by atoms with Crippen LogP contribution in [-0.2, 0) is 20.4 Å². The van der Waals surface area contributed by atoms with Gasteiger partial charge in [0.25, 0.3) is 0 Å². The van der Waals surface area contributed by atoms with E-state index >= 15 is 0 Å². The van der Waals surface area contributed by atoms with Gasteiger partial charge in [0.15, 0.2) is 0 Å². The number of thioether (sulfide) groups is 8. The van der Waals surface area contributed by atoms with Gasteiger partial charge in [0.05, 0.1) is 25.4 Å². The molecule has 2 aliphatic carbocycles. The topological polar surface area (TPSA) is 122 Å². The number of hydrogen-bond acceptors (Lipinski definition) is 14. The third-order valence-electron chi connectivity index (χ3n) is 17.5. The summed E-state index contributed by atoms with van der Waals surface area (Å²) in [7, 11) is 0. The molecule has 10 rings (SSSR count). The van der Waals surface area contributed by atoms with Crippen molar-refractivity contribution in [2.75, 3.05) is 23.0 Å². The van der Waals surface area contributed by atoms with Crippen LogP contribution in [-0.4, -0.2) is 45.2 Å². The largest absolute Gasteiger partial charge is 0.477 e. The number of carboxylic acid groups (broad SMARTS) is 2. The minimum Gasteiger partial charge on any atom is -0.477 e. The summed E-state index contributed by atoms with van der Waals surface area (Å²) in [5.41, 5.74) is 16.6. The second kappa shape index (κ2) is 31.1. The van der Waals surface area contributed by atoms with Gasteiger partial charge in [-0.3, -0.25) is 0 Å². The fourth-order valence-corrected chi connectivity index (χ4v) is 26.9. The van der Waals surface area contributed by atoms with E-state index in [1.54, 1.807) is 0 Å². The second-order valence-corrected chi connectivity index (χ2v) is 34.9. The van der Waals surface area contributed by atoms with E-state index in [4.69, 9.17) is 0 Å². The summed E-state index contributed by atoms with van der Waals surface area (Å²) in [6, 6.07) is 40.3. The third-order valence-corrected chi connectivity index (χ3v) is 31.0. The Hall–Kier alpha value is -4.56. The molecule has 0 spiro atoms. The summed E-state index contributed by atoms with van der Waals surface area (Å²) in [4.78, 5) is 27.2. The van der Waals surface area contributed by atoms with Crippen molar-refractivity contribution in [3.05, 3.63) is 177 Å². The fourth-order valence-electron chi connectivity index (χ4n) is 12.4. The van der Waals surface area contributed by atoms with Crippen LogP contribution in [0.3, 0.4) is 0 Å². The molecule has 4 heterocycles. The Morgan fingerprint density at radius 1 is 0.444 bits per heavy atom. The lowest BCUT2D eigenvalue weighted by molar-refractivity contribution is -0.133. The van der Waals surface area contributed by atoms with Gasteiger partial charge in [-0.15, -0.1) is 69.7 Å². The number of nitrogens with zero attached hydrogens (tertiary/aromatic N) is 2. The molecule has 4 aromatic carbocycles. The zero-order valence-corrected chi connectivity index (χ0v) is 60.6. The maximum absolute atomic E-state index is 11.8. The monoisotopic (exact) mass is 1380 g/mol.